The second kappa shape index (κ2) is 23.2. The van der Waals surface area contributed by atoms with E-state index in [-0.39, 0.29) is 0 Å². The summed E-state index contributed by atoms with van der Waals surface area (Å²) in [5.41, 5.74) is 0. The van der Waals surface area contributed by atoms with E-state index < -0.39 is 7.38 Å². The molecule has 2 heteroatoms. The van der Waals surface area contributed by atoms with Crippen molar-refractivity contribution in [3.8, 4) is 0 Å². The lowest BCUT2D eigenvalue weighted by Crippen LogP contribution is -2.14. The lowest BCUT2D eigenvalue weighted by atomic mass is 10.0. The molecule has 0 N–H and O–H groups in total. The molecule has 0 aliphatic heterocycles. The van der Waals surface area contributed by atoms with Crippen molar-refractivity contribution in [2.45, 2.75) is 174 Å². The average molecular weight is 445 g/mol. The molecule has 0 atom stereocenters. The molecule has 0 aromatic carbocycles. The molecule has 0 fully saturated rings. The molecule has 0 spiro atoms. The SMILES string of the molecule is CCCCCCCCCCCCCCCCCCCCCCCCC[Si](C)(C)Cl. The van der Waals surface area contributed by atoms with Crippen LogP contribution in [0, 0.1) is 0 Å². The van der Waals surface area contributed by atoms with Crippen molar-refractivity contribution in [1.82, 2.24) is 0 Å². The Balaban J connectivity index is 3.02. The second-order valence-corrected chi connectivity index (χ2v) is 17.3. The zero-order valence-electron chi connectivity index (χ0n) is 20.8. The van der Waals surface area contributed by atoms with Gasteiger partial charge in [0, 0.05) is 0 Å². The zero-order valence-corrected chi connectivity index (χ0v) is 22.6. The number of halogens is 1. The van der Waals surface area contributed by atoms with Gasteiger partial charge in [-0.05, 0) is 6.04 Å². The summed E-state index contributed by atoms with van der Waals surface area (Å²) in [5.74, 6) is 0. The van der Waals surface area contributed by atoms with Crippen LogP contribution in [0.4, 0.5) is 0 Å². The van der Waals surface area contributed by atoms with Crippen molar-refractivity contribution >= 4 is 18.5 Å². The van der Waals surface area contributed by atoms with Crippen LogP contribution < -0.4 is 0 Å². The van der Waals surface area contributed by atoms with Gasteiger partial charge in [-0.1, -0.05) is 168 Å². The van der Waals surface area contributed by atoms with E-state index in [1.54, 1.807) is 0 Å². The Morgan fingerprint density at radius 2 is 0.586 bits per heavy atom. The van der Waals surface area contributed by atoms with Gasteiger partial charge in [0.05, 0.1) is 0 Å². The van der Waals surface area contributed by atoms with Gasteiger partial charge in [-0.2, -0.15) is 11.1 Å². The van der Waals surface area contributed by atoms with Crippen molar-refractivity contribution in [2.75, 3.05) is 0 Å². The molecule has 0 rings (SSSR count). The molecular formula is C27H57ClSi. The first-order valence-electron chi connectivity index (χ1n) is 13.7. The van der Waals surface area contributed by atoms with Crippen LogP contribution in [0.25, 0.3) is 0 Å². The highest BCUT2D eigenvalue weighted by molar-refractivity contribution is 7.19. The van der Waals surface area contributed by atoms with E-state index in [4.69, 9.17) is 11.1 Å². The number of hydrogen-bond donors (Lipinski definition) is 0. The first-order valence-corrected chi connectivity index (χ1v) is 18.0. The monoisotopic (exact) mass is 444 g/mol. The number of rotatable bonds is 24. The van der Waals surface area contributed by atoms with Gasteiger partial charge in [0.2, 0.25) is 0 Å². The summed E-state index contributed by atoms with van der Waals surface area (Å²) in [6.45, 7) is 6.84. The first-order chi connectivity index (χ1) is 14.1. The lowest BCUT2D eigenvalue weighted by Gasteiger charge is -2.11. The molecule has 0 amide bonds. The van der Waals surface area contributed by atoms with Gasteiger partial charge in [0.15, 0.2) is 0 Å². The number of unbranched alkanes of at least 4 members (excludes halogenated alkanes) is 22. The van der Waals surface area contributed by atoms with Crippen molar-refractivity contribution < 1.29 is 0 Å². The highest BCUT2D eigenvalue weighted by Crippen LogP contribution is 2.19. The zero-order chi connectivity index (χ0) is 21.5. The minimum Gasteiger partial charge on any atom is -0.168 e. The van der Waals surface area contributed by atoms with Crippen LogP contribution in [0.2, 0.25) is 19.1 Å². The smallest absolute Gasteiger partial charge is 0.150 e. The third-order valence-corrected chi connectivity index (χ3v) is 8.48. The molecule has 0 bridgehead atoms. The molecule has 0 unspecified atom stereocenters. The Morgan fingerprint density at radius 1 is 0.379 bits per heavy atom. The van der Waals surface area contributed by atoms with E-state index in [2.05, 4.69) is 20.0 Å². The van der Waals surface area contributed by atoms with Crippen LogP contribution in [0.5, 0.6) is 0 Å². The maximum atomic E-state index is 6.37. The minimum absolute atomic E-state index is 1.30. The van der Waals surface area contributed by atoms with Crippen molar-refractivity contribution in [3.05, 3.63) is 0 Å². The molecule has 0 saturated carbocycles. The summed E-state index contributed by atoms with van der Waals surface area (Å²) in [5, 5.41) is 0. The molecule has 0 aromatic heterocycles. The maximum absolute atomic E-state index is 6.37. The molecule has 0 heterocycles. The molecule has 0 nitrogen and oxygen atoms in total. The van der Waals surface area contributed by atoms with Gasteiger partial charge in [0.25, 0.3) is 0 Å². The van der Waals surface area contributed by atoms with Crippen LogP contribution in [-0.2, 0) is 0 Å². The molecule has 29 heavy (non-hydrogen) atoms. The Kier molecular flexibility index (Phi) is 23.6. The lowest BCUT2D eigenvalue weighted by molar-refractivity contribution is 0.519. The fraction of sp³-hybridized carbons (Fsp3) is 1.00. The van der Waals surface area contributed by atoms with Crippen molar-refractivity contribution in [1.29, 1.82) is 0 Å². The summed E-state index contributed by atoms with van der Waals surface area (Å²) in [6.07, 6.45) is 33.6. The van der Waals surface area contributed by atoms with Gasteiger partial charge in [0.1, 0.15) is 7.38 Å². The van der Waals surface area contributed by atoms with Gasteiger partial charge >= 0.3 is 0 Å². The third-order valence-electron chi connectivity index (χ3n) is 6.37. The van der Waals surface area contributed by atoms with Gasteiger partial charge < -0.3 is 0 Å². The van der Waals surface area contributed by atoms with Crippen molar-refractivity contribution in [2.24, 2.45) is 0 Å². The van der Waals surface area contributed by atoms with E-state index in [1.165, 1.54) is 154 Å². The first kappa shape index (κ1) is 29.5. The molecule has 0 aliphatic carbocycles. The van der Waals surface area contributed by atoms with Crippen LogP contribution in [0.15, 0.2) is 0 Å². The summed E-state index contributed by atoms with van der Waals surface area (Å²) >= 11 is 6.37. The highest BCUT2D eigenvalue weighted by atomic mass is 35.6. The summed E-state index contributed by atoms with van der Waals surface area (Å²) < 4.78 is 0. The van der Waals surface area contributed by atoms with Crippen LogP contribution in [0.1, 0.15) is 155 Å². The third kappa shape index (κ3) is 28.5. The van der Waals surface area contributed by atoms with Crippen LogP contribution in [0.3, 0.4) is 0 Å². The van der Waals surface area contributed by atoms with E-state index in [1.807, 2.05) is 0 Å². The predicted molar refractivity (Wildman–Crippen MR) is 140 cm³/mol. The summed E-state index contributed by atoms with van der Waals surface area (Å²) in [6, 6.07) is 1.30. The fourth-order valence-electron chi connectivity index (χ4n) is 4.33. The Bertz CT molecular complexity index is 297. The highest BCUT2D eigenvalue weighted by Gasteiger charge is 2.15. The fourth-order valence-corrected chi connectivity index (χ4v) is 5.82. The Hall–Kier alpha value is 0.507. The molecular weight excluding hydrogens is 388 g/mol. The predicted octanol–water partition coefficient (Wildman–Crippen LogP) is 11.4. The van der Waals surface area contributed by atoms with E-state index in [9.17, 15) is 0 Å². The maximum Gasteiger partial charge on any atom is 0.150 e. The van der Waals surface area contributed by atoms with Crippen LogP contribution >= 0.6 is 11.1 Å². The topological polar surface area (TPSA) is 0 Å². The Morgan fingerprint density at radius 3 is 0.793 bits per heavy atom. The molecule has 0 aromatic rings. The average Bonchev–Trinajstić information content (AvgIpc) is 2.67. The Labute approximate surface area is 192 Å². The van der Waals surface area contributed by atoms with E-state index in [0.29, 0.717) is 0 Å². The second-order valence-electron chi connectivity index (χ2n) is 10.2. The number of hydrogen-bond acceptors (Lipinski definition) is 0. The normalized spacial score (nSPS) is 12.0. The molecule has 0 radical (unpaired) electrons. The molecule has 176 valence electrons. The van der Waals surface area contributed by atoms with Gasteiger partial charge in [-0.3, -0.25) is 0 Å². The van der Waals surface area contributed by atoms with E-state index >= 15 is 0 Å². The van der Waals surface area contributed by atoms with Gasteiger partial charge in [-0.25, -0.2) is 0 Å². The summed E-state index contributed by atoms with van der Waals surface area (Å²) in [7, 11) is -1.30. The van der Waals surface area contributed by atoms with Crippen LogP contribution in [-0.4, -0.2) is 7.38 Å². The summed E-state index contributed by atoms with van der Waals surface area (Å²) in [4.78, 5) is 0. The van der Waals surface area contributed by atoms with E-state index in [0.717, 1.165) is 0 Å². The quantitative estimate of drug-likeness (QED) is 0.0787. The van der Waals surface area contributed by atoms with Crippen molar-refractivity contribution in [3.63, 3.8) is 0 Å². The minimum atomic E-state index is -1.30. The standard InChI is InChI=1S/C27H57ClSi/c1-4-5-6-7-8-9-10-11-12-13-14-15-16-17-18-19-20-21-22-23-24-25-26-27-29(2,3)28/h4-27H2,1-3H3. The molecule has 0 aliphatic rings. The molecule has 0 saturated heterocycles. The van der Waals surface area contributed by atoms with Gasteiger partial charge in [-0.15, -0.1) is 0 Å². The largest absolute Gasteiger partial charge is 0.168 e.